The van der Waals surface area contributed by atoms with Gasteiger partial charge in [-0.15, -0.1) is 0 Å². The summed E-state index contributed by atoms with van der Waals surface area (Å²) in [5.74, 6) is 0.819. The van der Waals surface area contributed by atoms with Gasteiger partial charge in [0.1, 0.15) is 0 Å². The van der Waals surface area contributed by atoms with Gasteiger partial charge in [0.05, 0.1) is 16.3 Å². The molecule has 0 aliphatic rings. The van der Waals surface area contributed by atoms with Crippen LogP contribution in [0.3, 0.4) is 0 Å². The Hall–Kier alpha value is -1.03. The second-order valence-corrected chi connectivity index (χ2v) is 7.56. The summed E-state index contributed by atoms with van der Waals surface area (Å²) >= 11 is 0. The Morgan fingerprint density at radius 3 is 2.33 bits per heavy atom. The molecule has 0 saturated heterocycles. The van der Waals surface area contributed by atoms with Crippen LogP contribution in [0.4, 0.5) is 5.69 Å². The monoisotopic (exact) mass is 269 g/mol. The van der Waals surface area contributed by atoms with E-state index in [4.69, 9.17) is 5.73 Å². The van der Waals surface area contributed by atoms with Crippen molar-refractivity contribution in [3.8, 4) is 0 Å². The van der Waals surface area contributed by atoms with Crippen molar-refractivity contribution < 1.29 is 8.42 Å². The van der Waals surface area contributed by atoms with Gasteiger partial charge in [-0.1, -0.05) is 26.8 Å². The Morgan fingerprint density at radius 1 is 1.22 bits per heavy atom. The van der Waals surface area contributed by atoms with Crippen LogP contribution in [0.25, 0.3) is 0 Å². The van der Waals surface area contributed by atoms with E-state index >= 15 is 0 Å². The first-order chi connectivity index (χ1) is 8.22. The molecule has 3 nitrogen and oxygen atoms in total. The van der Waals surface area contributed by atoms with Crippen LogP contribution < -0.4 is 5.73 Å². The van der Waals surface area contributed by atoms with Crippen LogP contribution in [0.1, 0.15) is 32.8 Å². The van der Waals surface area contributed by atoms with E-state index in [0.29, 0.717) is 11.6 Å². The molecule has 0 radical (unpaired) electrons. The van der Waals surface area contributed by atoms with Gasteiger partial charge < -0.3 is 5.73 Å². The van der Waals surface area contributed by atoms with Crippen molar-refractivity contribution in [1.82, 2.24) is 0 Å². The number of hydrogen-bond acceptors (Lipinski definition) is 3. The fourth-order valence-corrected chi connectivity index (χ4v) is 4.05. The maximum absolute atomic E-state index is 12.3. The second-order valence-electron chi connectivity index (χ2n) is 5.56. The van der Waals surface area contributed by atoms with E-state index in [1.54, 1.807) is 18.2 Å². The first kappa shape index (κ1) is 15.0. The molecule has 0 bridgehead atoms. The quantitative estimate of drug-likeness (QED) is 0.836. The normalized spacial score (nSPS) is 13.8. The van der Waals surface area contributed by atoms with E-state index in [0.717, 1.165) is 12.0 Å². The molecule has 0 fully saturated rings. The zero-order chi connectivity index (χ0) is 13.9. The molecule has 0 saturated carbocycles. The summed E-state index contributed by atoms with van der Waals surface area (Å²) in [6.07, 6.45) is 0.908. The number of hydrogen-bond donors (Lipinski definition) is 1. The summed E-state index contributed by atoms with van der Waals surface area (Å²) in [4.78, 5) is 0.267. The molecule has 1 unspecified atom stereocenters. The standard InChI is InChI=1S/C14H23NO2S/c1-10(2)7-12(4)9-18(16,17)14-6-5-11(3)8-13(14)15/h5-6,8,10,12H,7,9,15H2,1-4H3. The third-order valence-corrected chi connectivity index (χ3v) is 4.93. The second kappa shape index (κ2) is 5.74. The van der Waals surface area contributed by atoms with E-state index in [-0.39, 0.29) is 16.6 Å². The maximum Gasteiger partial charge on any atom is 0.180 e. The summed E-state index contributed by atoms with van der Waals surface area (Å²) in [6.45, 7) is 8.07. The van der Waals surface area contributed by atoms with Gasteiger partial charge in [0.25, 0.3) is 0 Å². The van der Waals surface area contributed by atoms with Crippen molar-refractivity contribution in [1.29, 1.82) is 0 Å². The largest absolute Gasteiger partial charge is 0.398 e. The van der Waals surface area contributed by atoms with Crippen molar-refractivity contribution >= 4 is 15.5 Å². The molecular formula is C14H23NO2S. The summed E-state index contributed by atoms with van der Waals surface area (Å²) in [6, 6.07) is 5.11. The predicted octanol–water partition coefficient (Wildman–Crippen LogP) is 3.03. The lowest BCUT2D eigenvalue weighted by atomic mass is 10.0. The summed E-state index contributed by atoms with van der Waals surface area (Å²) < 4.78 is 24.6. The fourth-order valence-electron chi connectivity index (χ4n) is 2.29. The first-order valence-electron chi connectivity index (χ1n) is 6.31. The minimum absolute atomic E-state index is 0.149. The van der Waals surface area contributed by atoms with E-state index in [1.165, 1.54) is 0 Å². The van der Waals surface area contributed by atoms with Gasteiger partial charge in [0.15, 0.2) is 9.84 Å². The Kier molecular flexibility index (Phi) is 4.79. The van der Waals surface area contributed by atoms with Crippen LogP contribution >= 0.6 is 0 Å². The highest BCUT2D eigenvalue weighted by Gasteiger charge is 2.21. The van der Waals surface area contributed by atoms with Gasteiger partial charge in [-0.2, -0.15) is 0 Å². The fraction of sp³-hybridized carbons (Fsp3) is 0.571. The molecule has 1 rings (SSSR count). The molecule has 0 amide bonds. The number of rotatable bonds is 5. The third kappa shape index (κ3) is 4.02. The number of anilines is 1. The molecule has 1 aromatic rings. The molecule has 0 spiro atoms. The number of nitrogen functional groups attached to an aromatic ring is 1. The van der Waals surface area contributed by atoms with Gasteiger partial charge in [0, 0.05) is 0 Å². The van der Waals surface area contributed by atoms with Crippen LogP contribution in [-0.4, -0.2) is 14.2 Å². The molecule has 0 aliphatic heterocycles. The first-order valence-corrected chi connectivity index (χ1v) is 7.96. The van der Waals surface area contributed by atoms with Crippen LogP contribution in [0.15, 0.2) is 23.1 Å². The average Bonchev–Trinajstić information content (AvgIpc) is 2.13. The highest BCUT2D eigenvalue weighted by molar-refractivity contribution is 7.91. The lowest BCUT2D eigenvalue weighted by molar-refractivity contribution is 0.465. The Labute approximate surface area is 110 Å². The molecule has 18 heavy (non-hydrogen) atoms. The predicted molar refractivity (Wildman–Crippen MR) is 76.3 cm³/mol. The average molecular weight is 269 g/mol. The van der Waals surface area contributed by atoms with Crippen LogP contribution in [0, 0.1) is 18.8 Å². The van der Waals surface area contributed by atoms with Crippen molar-refractivity contribution in [2.45, 2.75) is 39.0 Å². The van der Waals surface area contributed by atoms with E-state index in [2.05, 4.69) is 13.8 Å². The molecule has 4 heteroatoms. The highest BCUT2D eigenvalue weighted by Crippen LogP contribution is 2.24. The SMILES string of the molecule is Cc1ccc(S(=O)(=O)CC(C)CC(C)C)c(N)c1. The minimum Gasteiger partial charge on any atom is -0.398 e. The molecule has 0 aromatic heterocycles. The van der Waals surface area contributed by atoms with Gasteiger partial charge in [-0.05, 0) is 42.9 Å². The zero-order valence-electron chi connectivity index (χ0n) is 11.6. The third-order valence-electron chi connectivity index (χ3n) is 2.88. The van der Waals surface area contributed by atoms with Crippen molar-refractivity contribution in [2.75, 3.05) is 11.5 Å². The van der Waals surface area contributed by atoms with Crippen molar-refractivity contribution in [3.63, 3.8) is 0 Å². The van der Waals surface area contributed by atoms with Gasteiger partial charge >= 0.3 is 0 Å². The number of sulfone groups is 1. The Bertz CT molecular complexity index is 507. The lowest BCUT2D eigenvalue weighted by Crippen LogP contribution is -2.17. The Balaban J connectivity index is 2.93. The number of aryl methyl sites for hydroxylation is 1. The van der Waals surface area contributed by atoms with Gasteiger partial charge in [-0.3, -0.25) is 0 Å². The van der Waals surface area contributed by atoms with E-state index < -0.39 is 9.84 Å². The number of nitrogens with two attached hydrogens (primary N) is 1. The summed E-state index contributed by atoms with van der Waals surface area (Å²) in [5, 5.41) is 0. The number of benzene rings is 1. The van der Waals surface area contributed by atoms with Crippen molar-refractivity contribution in [2.24, 2.45) is 11.8 Å². The highest BCUT2D eigenvalue weighted by atomic mass is 32.2. The van der Waals surface area contributed by atoms with E-state index in [9.17, 15) is 8.42 Å². The molecule has 1 aromatic carbocycles. The van der Waals surface area contributed by atoms with Crippen LogP contribution in [0.2, 0.25) is 0 Å². The maximum atomic E-state index is 12.3. The van der Waals surface area contributed by atoms with Crippen LogP contribution in [0.5, 0.6) is 0 Å². The topological polar surface area (TPSA) is 60.2 Å². The summed E-state index contributed by atoms with van der Waals surface area (Å²) in [5.41, 5.74) is 7.13. The zero-order valence-corrected chi connectivity index (χ0v) is 12.4. The Morgan fingerprint density at radius 2 is 1.83 bits per heavy atom. The van der Waals surface area contributed by atoms with Crippen LogP contribution in [-0.2, 0) is 9.84 Å². The minimum atomic E-state index is -3.28. The molecule has 0 aliphatic carbocycles. The molecular weight excluding hydrogens is 246 g/mol. The van der Waals surface area contributed by atoms with E-state index in [1.807, 2.05) is 13.8 Å². The van der Waals surface area contributed by atoms with Gasteiger partial charge in [0.2, 0.25) is 0 Å². The lowest BCUT2D eigenvalue weighted by Gasteiger charge is -2.15. The molecule has 102 valence electrons. The molecule has 1 atom stereocenters. The summed E-state index contributed by atoms with van der Waals surface area (Å²) in [7, 11) is -3.28. The molecule has 2 N–H and O–H groups in total. The molecule has 0 heterocycles. The van der Waals surface area contributed by atoms with Gasteiger partial charge in [-0.25, -0.2) is 8.42 Å². The van der Waals surface area contributed by atoms with Crippen molar-refractivity contribution in [3.05, 3.63) is 23.8 Å². The smallest absolute Gasteiger partial charge is 0.180 e.